The third-order valence-electron chi connectivity index (χ3n) is 10.8. The molecule has 0 aromatic heterocycles. The van der Waals surface area contributed by atoms with E-state index in [1.807, 2.05) is 0 Å². The van der Waals surface area contributed by atoms with Crippen LogP contribution in [0.1, 0.15) is 79.6 Å². The van der Waals surface area contributed by atoms with Gasteiger partial charge in [0.25, 0.3) is 0 Å². The van der Waals surface area contributed by atoms with Gasteiger partial charge in [0.1, 0.15) is 6.61 Å². The Bertz CT molecular complexity index is 881. The summed E-state index contributed by atoms with van der Waals surface area (Å²) < 4.78 is 7.82. The first-order valence-corrected chi connectivity index (χ1v) is 18.3. The molecule has 0 spiro atoms. The van der Waals surface area contributed by atoms with Crippen LogP contribution in [0.3, 0.4) is 0 Å². The summed E-state index contributed by atoms with van der Waals surface area (Å²) in [7, 11) is -1.88. The largest absolute Gasteiger partial charge is 0.417 e. The van der Waals surface area contributed by atoms with Crippen molar-refractivity contribution < 1.29 is 9.26 Å². The predicted molar refractivity (Wildman–Crippen MR) is 161 cm³/mol. The molecular weight excluding hydrogens is 579 g/mol. The van der Waals surface area contributed by atoms with Crippen LogP contribution < -0.4 is 0 Å². The molecule has 204 valence electrons. The van der Waals surface area contributed by atoms with E-state index in [9.17, 15) is 5.53 Å². The van der Waals surface area contributed by atoms with Crippen molar-refractivity contribution in [2.45, 2.75) is 97.7 Å². The zero-order valence-electron chi connectivity index (χ0n) is 23.8. The smallest absolute Gasteiger partial charge is 0.191 e. The van der Waals surface area contributed by atoms with E-state index < -0.39 is 8.32 Å². The van der Waals surface area contributed by atoms with Gasteiger partial charge >= 0.3 is 0 Å². The molecular formula is C28H49IN4O2Si. The van der Waals surface area contributed by atoms with Crippen molar-refractivity contribution in [2.24, 2.45) is 44.8 Å². The molecule has 0 aromatic rings. The van der Waals surface area contributed by atoms with Crippen LogP contribution in [-0.4, -0.2) is 38.2 Å². The predicted octanol–water partition coefficient (Wildman–Crippen LogP) is 8.93. The molecule has 0 aromatic carbocycles. The monoisotopic (exact) mass is 628 g/mol. The van der Waals surface area contributed by atoms with Crippen molar-refractivity contribution in [3.05, 3.63) is 22.6 Å². The quantitative estimate of drug-likeness (QED) is 0.0294. The standard InChI is InChI=1S/C28H49IN4O2Si/c1-20-9-10-24-23(18-31-33-30)25(12-14-27(20,24)5)28(6)13-11-22(32-34-16-15-29)17-21(28)19-35-36(7,8)26(2,3)4/h21,23-25H,1,9-19H2,2-8H3/t21-,23+,24+,25+,27-,28+/m1/s1. The second-order valence-corrected chi connectivity index (χ2v) is 19.4. The van der Waals surface area contributed by atoms with Crippen molar-refractivity contribution in [3.8, 4) is 0 Å². The van der Waals surface area contributed by atoms with E-state index in [0.29, 0.717) is 36.8 Å². The van der Waals surface area contributed by atoms with Crippen molar-refractivity contribution in [3.63, 3.8) is 0 Å². The molecule has 3 saturated carbocycles. The number of allylic oxidation sites excluding steroid dienone is 1. The summed E-state index contributed by atoms with van der Waals surface area (Å²) in [6, 6.07) is 0. The van der Waals surface area contributed by atoms with Crippen LogP contribution in [0.15, 0.2) is 22.4 Å². The van der Waals surface area contributed by atoms with Gasteiger partial charge in [-0.25, -0.2) is 0 Å². The molecule has 0 unspecified atom stereocenters. The van der Waals surface area contributed by atoms with Crippen LogP contribution in [0.2, 0.25) is 18.1 Å². The Morgan fingerprint density at radius 1 is 1.17 bits per heavy atom. The fourth-order valence-electron chi connectivity index (χ4n) is 7.15. The minimum atomic E-state index is -1.88. The highest BCUT2D eigenvalue weighted by molar-refractivity contribution is 14.1. The van der Waals surface area contributed by atoms with Gasteiger partial charge in [0.15, 0.2) is 8.32 Å². The molecule has 0 radical (unpaired) electrons. The molecule has 6 nitrogen and oxygen atoms in total. The Hall–Kier alpha value is -0.573. The molecule has 0 saturated heterocycles. The van der Waals surface area contributed by atoms with Crippen molar-refractivity contribution in [2.75, 3.05) is 24.2 Å². The number of alkyl halides is 1. The summed E-state index contributed by atoms with van der Waals surface area (Å²) in [6.45, 7) is 23.1. The molecule has 0 aliphatic heterocycles. The zero-order chi connectivity index (χ0) is 26.8. The topological polar surface area (TPSA) is 79.6 Å². The first-order valence-electron chi connectivity index (χ1n) is 13.9. The van der Waals surface area contributed by atoms with Gasteiger partial charge in [-0.1, -0.05) is 79.6 Å². The molecule has 3 aliphatic rings. The zero-order valence-corrected chi connectivity index (χ0v) is 26.9. The molecule has 3 fully saturated rings. The van der Waals surface area contributed by atoms with E-state index in [2.05, 4.69) is 92.1 Å². The molecule has 0 bridgehead atoms. The molecule has 0 N–H and O–H groups in total. The minimum absolute atomic E-state index is 0.117. The van der Waals surface area contributed by atoms with Gasteiger partial charge in [0, 0.05) is 22.5 Å². The molecule has 8 heteroatoms. The normalized spacial score (nSPS) is 36.4. The molecule has 6 atom stereocenters. The lowest BCUT2D eigenvalue weighted by atomic mass is 9.49. The Labute approximate surface area is 234 Å². The fraction of sp³-hybridized carbons (Fsp3) is 0.893. The summed E-state index contributed by atoms with van der Waals surface area (Å²) in [4.78, 5) is 8.83. The summed E-state index contributed by atoms with van der Waals surface area (Å²) in [5.74, 6) is 1.84. The van der Waals surface area contributed by atoms with Gasteiger partial charge in [-0.2, -0.15) is 0 Å². The number of hydrogen-bond acceptors (Lipinski definition) is 4. The van der Waals surface area contributed by atoms with Crippen LogP contribution in [0.4, 0.5) is 0 Å². The minimum Gasteiger partial charge on any atom is -0.417 e. The maximum absolute atomic E-state index is 9.25. The van der Waals surface area contributed by atoms with Gasteiger partial charge in [-0.15, -0.1) is 0 Å². The van der Waals surface area contributed by atoms with E-state index in [1.165, 1.54) is 30.5 Å². The van der Waals surface area contributed by atoms with Crippen molar-refractivity contribution in [1.82, 2.24) is 0 Å². The van der Waals surface area contributed by atoms with Gasteiger partial charge in [0.05, 0.1) is 5.71 Å². The first kappa shape index (κ1) is 30.0. The molecule has 0 amide bonds. The number of nitrogens with zero attached hydrogens (tertiary/aromatic N) is 4. The summed E-state index contributed by atoms with van der Waals surface area (Å²) in [5, 5.41) is 8.92. The Morgan fingerprint density at radius 3 is 2.53 bits per heavy atom. The number of halogens is 1. The van der Waals surface area contributed by atoms with Gasteiger partial charge in [0.2, 0.25) is 0 Å². The van der Waals surface area contributed by atoms with Crippen LogP contribution in [0.25, 0.3) is 10.4 Å². The third-order valence-corrected chi connectivity index (χ3v) is 15.7. The van der Waals surface area contributed by atoms with Crippen molar-refractivity contribution >= 4 is 36.6 Å². The molecule has 36 heavy (non-hydrogen) atoms. The Balaban J connectivity index is 1.93. The molecule has 0 heterocycles. The molecule has 3 rings (SSSR count). The maximum Gasteiger partial charge on any atom is 0.191 e. The van der Waals surface area contributed by atoms with Crippen molar-refractivity contribution in [1.29, 1.82) is 0 Å². The summed E-state index contributed by atoms with van der Waals surface area (Å²) in [6.07, 6.45) is 7.66. The fourth-order valence-corrected chi connectivity index (χ4v) is 8.40. The van der Waals surface area contributed by atoms with Gasteiger partial charge < -0.3 is 9.26 Å². The van der Waals surface area contributed by atoms with E-state index >= 15 is 0 Å². The lowest BCUT2D eigenvalue weighted by Crippen LogP contribution is -2.52. The lowest BCUT2D eigenvalue weighted by Gasteiger charge is -2.56. The Morgan fingerprint density at radius 2 is 1.89 bits per heavy atom. The van der Waals surface area contributed by atoms with E-state index in [0.717, 1.165) is 36.7 Å². The summed E-state index contributed by atoms with van der Waals surface area (Å²) >= 11 is 2.33. The van der Waals surface area contributed by atoms with E-state index in [4.69, 9.17) is 9.26 Å². The second-order valence-electron chi connectivity index (χ2n) is 13.5. The van der Waals surface area contributed by atoms with Crippen LogP contribution in [0, 0.1) is 34.5 Å². The highest BCUT2D eigenvalue weighted by Gasteiger charge is 2.56. The van der Waals surface area contributed by atoms with Gasteiger partial charge in [-0.05, 0) is 103 Å². The average Bonchev–Trinajstić information content (AvgIpc) is 3.11. The van der Waals surface area contributed by atoms with E-state index in [1.54, 1.807) is 0 Å². The number of azide groups is 1. The van der Waals surface area contributed by atoms with Gasteiger partial charge in [-0.3, -0.25) is 0 Å². The van der Waals surface area contributed by atoms with Crippen LogP contribution >= 0.6 is 22.6 Å². The molecule has 3 aliphatic carbocycles. The summed E-state index contributed by atoms with van der Waals surface area (Å²) in [5.41, 5.74) is 12.1. The van der Waals surface area contributed by atoms with Crippen LogP contribution in [0.5, 0.6) is 0 Å². The third kappa shape index (κ3) is 6.02. The number of fused-ring (bicyclic) bond motifs is 1. The number of rotatable bonds is 9. The SMILES string of the molecule is C=C1CC[C@H]2[C@H](CN=[N+]=[N-])[C@@H]([C@@]3(C)CCC(=NOCCI)C[C@@H]3CO[Si](C)(C)C(C)(C)C)CC[C@]12C. The highest BCUT2D eigenvalue weighted by Crippen LogP contribution is 2.63. The van der Waals surface area contributed by atoms with E-state index in [-0.39, 0.29) is 15.9 Å². The maximum atomic E-state index is 9.25. The number of oxime groups is 1. The highest BCUT2D eigenvalue weighted by atomic mass is 127. The first-order chi connectivity index (χ1) is 16.8. The van der Waals surface area contributed by atoms with Crippen LogP contribution in [-0.2, 0) is 9.26 Å². The lowest BCUT2D eigenvalue weighted by molar-refractivity contribution is -0.0548. The second kappa shape index (κ2) is 11.7. The average molecular weight is 629 g/mol. The Kier molecular flexibility index (Phi) is 9.71. The number of hydrogen-bond donors (Lipinski definition) is 0.